The molecule has 0 aromatic carbocycles. The number of hydrogen-bond acceptors (Lipinski definition) is 4. The van der Waals surface area contributed by atoms with Gasteiger partial charge in [0.15, 0.2) is 5.03 Å². The maximum Gasteiger partial charge on any atom is 0.262 e. The van der Waals surface area contributed by atoms with Crippen LogP contribution in [0.25, 0.3) is 0 Å². The van der Waals surface area contributed by atoms with Crippen LogP contribution in [0.15, 0.2) is 23.4 Å². The number of hydrogen-bond donors (Lipinski definition) is 1. The number of sulfonamides is 1. The van der Waals surface area contributed by atoms with Crippen molar-refractivity contribution in [1.82, 2.24) is 9.29 Å². The molecular formula is C11H19N3O2S. The van der Waals surface area contributed by atoms with Gasteiger partial charge >= 0.3 is 0 Å². The molecule has 1 aromatic heterocycles. The molecule has 2 N–H and O–H groups in total. The predicted molar refractivity (Wildman–Crippen MR) is 68.0 cm³/mol. The third-order valence-electron chi connectivity index (χ3n) is 2.88. The van der Waals surface area contributed by atoms with Gasteiger partial charge < -0.3 is 5.73 Å². The fraction of sp³-hybridized carbons (Fsp3) is 0.545. The highest BCUT2D eigenvalue weighted by atomic mass is 32.2. The maximum atomic E-state index is 12.3. The summed E-state index contributed by atoms with van der Waals surface area (Å²) in [4.78, 5) is 3.87. The molecule has 0 aliphatic rings. The van der Waals surface area contributed by atoms with Crippen LogP contribution in [0, 0.1) is 0 Å². The molecule has 1 rings (SSSR count). The van der Waals surface area contributed by atoms with Gasteiger partial charge in [-0.15, -0.1) is 0 Å². The van der Waals surface area contributed by atoms with Crippen LogP contribution >= 0.6 is 0 Å². The third kappa shape index (κ3) is 2.76. The molecule has 0 spiro atoms. The van der Waals surface area contributed by atoms with Crippen molar-refractivity contribution in [2.75, 3.05) is 12.8 Å². The summed E-state index contributed by atoms with van der Waals surface area (Å²) in [5.74, 6) is 0. The van der Waals surface area contributed by atoms with Gasteiger partial charge in [-0.1, -0.05) is 13.8 Å². The smallest absolute Gasteiger partial charge is 0.262 e. The molecule has 5 nitrogen and oxygen atoms in total. The van der Waals surface area contributed by atoms with Gasteiger partial charge in [0.25, 0.3) is 10.0 Å². The minimum Gasteiger partial charge on any atom is -0.396 e. The van der Waals surface area contributed by atoms with E-state index in [1.165, 1.54) is 10.5 Å². The van der Waals surface area contributed by atoms with Crippen molar-refractivity contribution in [3.63, 3.8) is 0 Å². The Labute approximate surface area is 103 Å². The van der Waals surface area contributed by atoms with Gasteiger partial charge in [0.2, 0.25) is 0 Å². The van der Waals surface area contributed by atoms with Gasteiger partial charge in [0.05, 0.1) is 5.69 Å². The second-order valence-electron chi connectivity index (χ2n) is 3.89. The molecule has 0 amide bonds. The largest absolute Gasteiger partial charge is 0.396 e. The summed E-state index contributed by atoms with van der Waals surface area (Å²) in [5.41, 5.74) is 5.84. The van der Waals surface area contributed by atoms with E-state index in [0.717, 1.165) is 12.8 Å². The summed E-state index contributed by atoms with van der Waals surface area (Å²) in [6.07, 6.45) is 2.96. The lowest BCUT2D eigenvalue weighted by molar-refractivity contribution is 0.349. The Morgan fingerprint density at radius 3 is 2.47 bits per heavy atom. The van der Waals surface area contributed by atoms with Crippen molar-refractivity contribution in [2.45, 2.75) is 37.8 Å². The first-order chi connectivity index (χ1) is 7.95. The van der Waals surface area contributed by atoms with E-state index in [1.807, 2.05) is 13.8 Å². The lowest BCUT2D eigenvalue weighted by atomic mass is 10.2. The molecule has 6 heteroatoms. The quantitative estimate of drug-likeness (QED) is 0.866. The molecule has 0 saturated heterocycles. The number of pyridine rings is 1. The Balaban J connectivity index is 3.16. The number of anilines is 1. The van der Waals surface area contributed by atoms with E-state index in [2.05, 4.69) is 4.98 Å². The van der Waals surface area contributed by atoms with Crippen LogP contribution in [0.5, 0.6) is 0 Å². The highest BCUT2D eigenvalue weighted by Gasteiger charge is 2.28. The summed E-state index contributed by atoms with van der Waals surface area (Å²) < 4.78 is 25.9. The highest BCUT2D eigenvalue weighted by molar-refractivity contribution is 7.89. The van der Waals surface area contributed by atoms with Crippen LogP contribution in [-0.4, -0.2) is 30.8 Å². The molecular weight excluding hydrogens is 238 g/mol. The van der Waals surface area contributed by atoms with Crippen LogP contribution < -0.4 is 5.73 Å². The number of nitrogens with two attached hydrogens (primary N) is 1. The van der Waals surface area contributed by atoms with Crippen molar-refractivity contribution < 1.29 is 8.42 Å². The number of nitrogen functional groups attached to an aromatic ring is 1. The van der Waals surface area contributed by atoms with Crippen LogP contribution in [0.4, 0.5) is 5.69 Å². The summed E-state index contributed by atoms with van der Waals surface area (Å²) in [7, 11) is -2.03. The molecule has 0 aliphatic carbocycles. The van der Waals surface area contributed by atoms with E-state index in [1.54, 1.807) is 19.2 Å². The lowest BCUT2D eigenvalue weighted by Gasteiger charge is -2.25. The van der Waals surface area contributed by atoms with Gasteiger partial charge in [0.1, 0.15) is 0 Å². The zero-order chi connectivity index (χ0) is 13.1. The Bertz CT molecular complexity index is 469. The summed E-state index contributed by atoms with van der Waals surface area (Å²) in [6, 6.07) is 3.13. The normalized spacial score (nSPS) is 12.3. The van der Waals surface area contributed by atoms with Gasteiger partial charge in [0, 0.05) is 19.3 Å². The van der Waals surface area contributed by atoms with Crippen molar-refractivity contribution in [2.24, 2.45) is 0 Å². The molecule has 0 radical (unpaired) electrons. The molecule has 17 heavy (non-hydrogen) atoms. The minimum atomic E-state index is -3.60. The van der Waals surface area contributed by atoms with E-state index in [-0.39, 0.29) is 16.8 Å². The molecule has 0 atom stereocenters. The van der Waals surface area contributed by atoms with Crippen molar-refractivity contribution in [1.29, 1.82) is 0 Å². The second kappa shape index (κ2) is 5.46. The number of aromatic nitrogens is 1. The molecule has 1 aromatic rings. The van der Waals surface area contributed by atoms with Crippen LogP contribution in [0.2, 0.25) is 0 Å². The average Bonchev–Trinajstić information content (AvgIpc) is 2.30. The molecule has 0 aliphatic heterocycles. The fourth-order valence-electron chi connectivity index (χ4n) is 1.75. The van der Waals surface area contributed by atoms with Crippen molar-refractivity contribution in [3.8, 4) is 0 Å². The standard InChI is InChI=1S/C11H19N3O2S/c1-4-9(5-2)14(3)17(15,16)11-10(12)7-6-8-13-11/h6-9H,4-5,12H2,1-3H3. The first-order valence-electron chi connectivity index (χ1n) is 5.63. The van der Waals surface area contributed by atoms with Gasteiger partial charge in [-0.3, -0.25) is 0 Å². The number of rotatable bonds is 5. The molecule has 0 bridgehead atoms. The second-order valence-corrected chi connectivity index (χ2v) is 5.80. The summed E-state index contributed by atoms with van der Waals surface area (Å²) in [6.45, 7) is 3.92. The SMILES string of the molecule is CCC(CC)N(C)S(=O)(=O)c1ncccc1N. The van der Waals surface area contributed by atoms with Crippen LogP contribution in [0.3, 0.4) is 0 Å². The third-order valence-corrected chi connectivity index (χ3v) is 4.77. The Morgan fingerprint density at radius 2 is 2.00 bits per heavy atom. The molecule has 96 valence electrons. The predicted octanol–water partition coefficient (Wildman–Crippen LogP) is 1.47. The Hall–Kier alpha value is -1.14. The molecule has 0 unspecified atom stereocenters. The van der Waals surface area contributed by atoms with Gasteiger partial charge in [-0.25, -0.2) is 13.4 Å². The zero-order valence-corrected chi connectivity index (χ0v) is 11.2. The van der Waals surface area contributed by atoms with Crippen LogP contribution in [-0.2, 0) is 10.0 Å². The average molecular weight is 257 g/mol. The monoisotopic (exact) mass is 257 g/mol. The van der Waals surface area contributed by atoms with E-state index >= 15 is 0 Å². The summed E-state index contributed by atoms with van der Waals surface area (Å²) >= 11 is 0. The van der Waals surface area contributed by atoms with E-state index in [0.29, 0.717) is 0 Å². The molecule has 0 saturated carbocycles. The topological polar surface area (TPSA) is 76.3 Å². The van der Waals surface area contributed by atoms with Gasteiger partial charge in [-0.2, -0.15) is 4.31 Å². The number of nitrogens with zero attached hydrogens (tertiary/aromatic N) is 2. The van der Waals surface area contributed by atoms with Crippen molar-refractivity contribution in [3.05, 3.63) is 18.3 Å². The Kier molecular flexibility index (Phi) is 4.47. The van der Waals surface area contributed by atoms with E-state index in [4.69, 9.17) is 5.73 Å². The molecule has 1 heterocycles. The van der Waals surface area contributed by atoms with Crippen LogP contribution in [0.1, 0.15) is 26.7 Å². The maximum absolute atomic E-state index is 12.3. The fourth-order valence-corrected chi connectivity index (χ4v) is 3.28. The van der Waals surface area contributed by atoms with E-state index in [9.17, 15) is 8.42 Å². The van der Waals surface area contributed by atoms with Crippen molar-refractivity contribution >= 4 is 15.7 Å². The van der Waals surface area contributed by atoms with E-state index < -0.39 is 10.0 Å². The minimum absolute atomic E-state index is 0.0265. The first-order valence-corrected chi connectivity index (χ1v) is 7.07. The molecule has 0 fully saturated rings. The lowest BCUT2D eigenvalue weighted by Crippen LogP contribution is -2.37. The Morgan fingerprint density at radius 1 is 1.41 bits per heavy atom. The first kappa shape index (κ1) is 13.9. The highest BCUT2D eigenvalue weighted by Crippen LogP contribution is 2.21. The van der Waals surface area contributed by atoms with Gasteiger partial charge in [-0.05, 0) is 25.0 Å². The summed E-state index contributed by atoms with van der Waals surface area (Å²) in [5, 5.41) is -0.0607. The zero-order valence-electron chi connectivity index (χ0n) is 10.4.